The van der Waals surface area contributed by atoms with Crippen LogP contribution in [0.15, 0.2) is 36.7 Å². The number of halogens is 1. The molecule has 0 atom stereocenters. The molecule has 6 nitrogen and oxygen atoms in total. The molecule has 21 heavy (non-hydrogen) atoms. The van der Waals surface area contributed by atoms with E-state index < -0.39 is 5.82 Å². The second-order valence-electron chi connectivity index (χ2n) is 4.52. The van der Waals surface area contributed by atoms with Crippen molar-refractivity contribution in [3.05, 3.63) is 42.5 Å². The largest absolute Gasteiger partial charge is 0.424 e. The highest BCUT2D eigenvalue weighted by atomic mass is 19.1. The predicted molar refractivity (Wildman–Crippen MR) is 73.9 cm³/mol. The van der Waals surface area contributed by atoms with Crippen molar-refractivity contribution >= 4 is 11.7 Å². The molecule has 3 rings (SSSR count). The third-order valence-electron chi connectivity index (χ3n) is 3.01. The van der Waals surface area contributed by atoms with E-state index in [9.17, 15) is 9.18 Å². The molecule has 1 aliphatic heterocycles. The molecule has 0 saturated carbocycles. The van der Waals surface area contributed by atoms with Gasteiger partial charge in [-0.3, -0.25) is 4.90 Å². The molecule has 0 bridgehead atoms. The van der Waals surface area contributed by atoms with Crippen LogP contribution >= 0.6 is 0 Å². The molecule has 0 unspecified atom stereocenters. The number of hydrogen-bond donors (Lipinski definition) is 1. The van der Waals surface area contributed by atoms with Crippen LogP contribution in [0.2, 0.25) is 0 Å². The van der Waals surface area contributed by atoms with E-state index in [0.29, 0.717) is 24.5 Å². The van der Waals surface area contributed by atoms with Crippen molar-refractivity contribution in [1.29, 1.82) is 0 Å². The Morgan fingerprint density at radius 1 is 1.29 bits per heavy atom. The second kappa shape index (κ2) is 5.74. The van der Waals surface area contributed by atoms with Crippen LogP contribution in [-0.2, 0) is 0 Å². The van der Waals surface area contributed by atoms with E-state index in [1.165, 1.54) is 30.6 Å². The Morgan fingerprint density at radius 2 is 2.10 bits per heavy atom. The molecule has 0 spiro atoms. The van der Waals surface area contributed by atoms with E-state index in [1.54, 1.807) is 11.0 Å². The zero-order valence-corrected chi connectivity index (χ0v) is 11.1. The molecule has 108 valence electrons. The number of hydrogen-bond acceptors (Lipinski definition) is 4. The third-order valence-corrected chi connectivity index (χ3v) is 3.01. The molecule has 2 heterocycles. The minimum absolute atomic E-state index is 0.0989. The minimum atomic E-state index is -0.394. The van der Waals surface area contributed by atoms with Crippen LogP contribution in [0.3, 0.4) is 0 Å². The van der Waals surface area contributed by atoms with Gasteiger partial charge in [0.2, 0.25) is 0 Å². The number of nitrogens with zero attached hydrogens (tertiary/aromatic N) is 3. The fraction of sp³-hybridized carbons (Fsp3) is 0.214. The number of carbonyl (C=O) groups is 1. The van der Waals surface area contributed by atoms with Crippen molar-refractivity contribution in [3.63, 3.8) is 0 Å². The topological polar surface area (TPSA) is 67.4 Å². The van der Waals surface area contributed by atoms with Crippen molar-refractivity contribution in [2.45, 2.75) is 6.42 Å². The third kappa shape index (κ3) is 3.07. The molecule has 7 heteroatoms. The Labute approximate surface area is 120 Å². The van der Waals surface area contributed by atoms with Crippen LogP contribution in [0.1, 0.15) is 6.42 Å². The number of urea groups is 1. The van der Waals surface area contributed by atoms with Crippen LogP contribution in [0.25, 0.3) is 0 Å². The Hall–Kier alpha value is -2.70. The van der Waals surface area contributed by atoms with Crippen molar-refractivity contribution in [3.8, 4) is 11.8 Å². The quantitative estimate of drug-likeness (QED) is 0.941. The summed E-state index contributed by atoms with van der Waals surface area (Å²) in [5, 5.41) is 2.75. The summed E-state index contributed by atoms with van der Waals surface area (Å²) >= 11 is 0. The molecule has 1 N–H and O–H groups in total. The number of anilines is 1. The van der Waals surface area contributed by atoms with E-state index >= 15 is 0 Å². The second-order valence-corrected chi connectivity index (χ2v) is 4.52. The van der Waals surface area contributed by atoms with Gasteiger partial charge in [0.15, 0.2) is 0 Å². The van der Waals surface area contributed by atoms with Gasteiger partial charge in [-0.25, -0.2) is 19.2 Å². The molecular weight excluding hydrogens is 275 g/mol. The first-order valence-electron chi connectivity index (χ1n) is 6.53. The number of rotatable bonds is 3. The van der Waals surface area contributed by atoms with E-state index in [-0.39, 0.29) is 12.0 Å². The zero-order valence-electron chi connectivity index (χ0n) is 11.1. The number of benzene rings is 1. The summed E-state index contributed by atoms with van der Waals surface area (Å²) in [5.74, 6) is -0.0763. The van der Waals surface area contributed by atoms with Crippen LogP contribution < -0.4 is 15.0 Å². The van der Waals surface area contributed by atoms with E-state index in [2.05, 4.69) is 15.3 Å². The number of nitrogens with one attached hydrogen (secondary N) is 1. The number of ether oxygens (including phenoxy) is 1. The lowest BCUT2D eigenvalue weighted by molar-refractivity contribution is 0.243. The Balaban J connectivity index is 1.73. The van der Waals surface area contributed by atoms with Gasteiger partial charge >= 0.3 is 12.0 Å². The molecule has 0 aliphatic carbocycles. The van der Waals surface area contributed by atoms with Gasteiger partial charge < -0.3 is 10.1 Å². The molecule has 1 fully saturated rings. The van der Waals surface area contributed by atoms with Crippen LogP contribution in [-0.4, -0.2) is 29.1 Å². The first-order valence-corrected chi connectivity index (χ1v) is 6.53. The number of aromatic nitrogens is 2. The molecule has 2 amide bonds. The Kier molecular flexibility index (Phi) is 3.63. The van der Waals surface area contributed by atoms with E-state index in [0.717, 1.165) is 6.42 Å². The van der Waals surface area contributed by atoms with Gasteiger partial charge in [-0.2, -0.15) is 0 Å². The van der Waals surface area contributed by atoms with Gasteiger partial charge in [-0.05, 0) is 18.6 Å². The maximum atomic E-state index is 13.0. The molecular formula is C14H13FN4O2. The monoisotopic (exact) mass is 288 g/mol. The SMILES string of the molecule is O=C1NCCCN1c1cnc(Oc2cccc(F)c2)nc1. The normalized spacial score (nSPS) is 14.7. The van der Waals surface area contributed by atoms with Crippen LogP contribution in [0.5, 0.6) is 11.8 Å². The standard InChI is InChI=1S/C14H13FN4O2/c15-10-3-1-4-12(7-10)21-13-17-8-11(9-18-13)19-6-2-5-16-14(19)20/h1,3-4,7-9H,2,5-6H2,(H,16,20). The molecule has 2 aromatic rings. The highest BCUT2D eigenvalue weighted by molar-refractivity contribution is 5.92. The average Bonchev–Trinajstić information content (AvgIpc) is 2.49. The first kappa shape index (κ1) is 13.3. The summed E-state index contributed by atoms with van der Waals surface area (Å²) in [7, 11) is 0. The fourth-order valence-electron chi connectivity index (χ4n) is 2.01. The molecule has 0 radical (unpaired) electrons. The predicted octanol–water partition coefficient (Wildman–Crippen LogP) is 2.33. The van der Waals surface area contributed by atoms with Gasteiger partial charge in [-0.15, -0.1) is 0 Å². The lowest BCUT2D eigenvalue weighted by Crippen LogP contribution is -2.46. The minimum Gasteiger partial charge on any atom is -0.424 e. The summed E-state index contributed by atoms with van der Waals surface area (Å²) in [4.78, 5) is 21.3. The molecule has 1 saturated heterocycles. The molecule has 1 aromatic carbocycles. The molecule has 1 aliphatic rings. The fourth-order valence-corrected chi connectivity index (χ4v) is 2.01. The highest BCUT2D eigenvalue weighted by Gasteiger charge is 2.19. The summed E-state index contributed by atoms with van der Waals surface area (Å²) in [6.45, 7) is 1.30. The highest BCUT2D eigenvalue weighted by Crippen LogP contribution is 2.20. The van der Waals surface area contributed by atoms with Crippen LogP contribution in [0, 0.1) is 5.82 Å². The average molecular weight is 288 g/mol. The number of amides is 2. The van der Waals surface area contributed by atoms with E-state index in [1.807, 2.05) is 0 Å². The van der Waals surface area contributed by atoms with Crippen molar-refractivity contribution in [2.24, 2.45) is 0 Å². The summed E-state index contributed by atoms with van der Waals surface area (Å²) in [6, 6.07) is 5.65. The maximum absolute atomic E-state index is 13.0. The Morgan fingerprint density at radius 3 is 2.81 bits per heavy atom. The number of carbonyl (C=O) groups excluding carboxylic acids is 1. The van der Waals surface area contributed by atoms with Crippen LogP contribution in [0.4, 0.5) is 14.9 Å². The Bertz CT molecular complexity index is 648. The zero-order chi connectivity index (χ0) is 14.7. The van der Waals surface area contributed by atoms with Crippen molar-refractivity contribution < 1.29 is 13.9 Å². The lowest BCUT2D eigenvalue weighted by atomic mass is 10.3. The summed E-state index contributed by atoms with van der Waals surface area (Å²) < 4.78 is 18.4. The van der Waals surface area contributed by atoms with Gasteiger partial charge in [0.05, 0.1) is 18.1 Å². The van der Waals surface area contributed by atoms with Gasteiger partial charge in [0.1, 0.15) is 11.6 Å². The van der Waals surface area contributed by atoms with Crippen molar-refractivity contribution in [2.75, 3.05) is 18.0 Å². The lowest BCUT2D eigenvalue weighted by Gasteiger charge is -2.26. The van der Waals surface area contributed by atoms with E-state index in [4.69, 9.17) is 4.74 Å². The van der Waals surface area contributed by atoms with Gasteiger partial charge in [0, 0.05) is 19.2 Å². The van der Waals surface area contributed by atoms with Crippen molar-refractivity contribution in [1.82, 2.24) is 15.3 Å². The maximum Gasteiger partial charge on any atom is 0.322 e. The summed E-state index contributed by atoms with van der Waals surface area (Å²) in [6.07, 6.45) is 3.88. The van der Waals surface area contributed by atoms with Gasteiger partial charge in [-0.1, -0.05) is 6.07 Å². The summed E-state index contributed by atoms with van der Waals surface area (Å²) in [5.41, 5.74) is 0.596. The smallest absolute Gasteiger partial charge is 0.322 e. The first-order chi connectivity index (χ1) is 10.2. The van der Waals surface area contributed by atoms with Gasteiger partial charge in [0.25, 0.3) is 0 Å². The molecule has 1 aromatic heterocycles.